The predicted molar refractivity (Wildman–Crippen MR) is 53.5 cm³/mol. The van der Waals surface area contributed by atoms with E-state index in [-0.39, 0.29) is 17.8 Å². The van der Waals surface area contributed by atoms with E-state index in [0.717, 1.165) is 6.07 Å². The number of hydrogen-bond acceptors (Lipinski definition) is 4. The molecule has 0 saturated carbocycles. The fraction of sp³-hybridized carbons (Fsp3) is 0.111. The van der Waals surface area contributed by atoms with Gasteiger partial charge in [-0.15, -0.1) is 16.7 Å². The summed E-state index contributed by atoms with van der Waals surface area (Å²) in [6, 6.07) is 0.992. The minimum Gasteiger partial charge on any atom is -0.407 e. The molecule has 1 aromatic carbocycles. The van der Waals surface area contributed by atoms with Crippen molar-refractivity contribution in [3.8, 4) is 0 Å². The Kier molecular flexibility index (Phi) is 3.19. The Balaban J connectivity index is 2.29. The summed E-state index contributed by atoms with van der Waals surface area (Å²) in [6.07, 6.45) is 0. The van der Waals surface area contributed by atoms with Crippen LogP contribution in [0.15, 0.2) is 16.5 Å². The van der Waals surface area contributed by atoms with Gasteiger partial charge < -0.3 is 9.73 Å². The van der Waals surface area contributed by atoms with Gasteiger partial charge in [-0.1, -0.05) is 5.10 Å². The van der Waals surface area contributed by atoms with Crippen LogP contribution in [0.1, 0.15) is 5.89 Å². The molecule has 0 aliphatic carbocycles. The average Bonchev–Trinajstić information content (AvgIpc) is 2.73. The van der Waals surface area contributed by atoms with Crippen molar-refractivity contribution in [1.82, 2.24) is 10.2 Å². The van der Waals surface area contributed by atoms with E-state index in [1.165, 1.54) is 0 Å². The van der Waals surface area contributed by atoms with Crippen LogP contribution in [-0.4, -0.2) is 10.2 Å². The Bertz CT molecular complexity index is 546. The molecule has 0 amide bonds. The molecule has 1 aromatic heterocycles. The molecule has 0 aliphatic rings. The van der Waals surface area contributed by atoms with Crippen LogP contribution in [0.4, 0.5) is 24.9 Å². The van der Waals surface area contributed by atoms with Gasteiger partial charge in [0.2, 0.25) is 5.89 Å². The van der Waals surface area contributed by atoms with Crippen molar-refractivity contribution in [3.63, 3.8) is 0 Å². The summed E-state index contributed by atoms with van der Waals surface area (Å²) in [5.74, 6) is -3.40. The first-order valence-electron chi connectivity index (χ1n) is 4.40. The first kappa shape index (κ1) is 11.7. The summed E-state index contributed by atoms with van der Waals surface area (Å²) >= 11 is 5.41. The number of aromatic nitrogens is 2. The molecule has 0 bridgehead atoms. The molecule has 0 spiro atoms. The quantitative estimate of drug-likeness (QED) is 0.683. The van der Waals surface area contributed by atoms with Crippen molar-refractivity contribution >= 4 is 23.3 Å². The zero-order valence-corrected chi connectivity index (χ0v) is 8.93. The molecule has 2 aromatic rings. The van der Waals surface area contributed by atoms with Crippen LogP contribution in [0.5, 0.6) is 0 Å². The van der Waals surface area contributed by atoms with E-state index >= 15 is 0 Å². The van der Waals surface area contributed by atoms with Crippen molar-refractivity contribution in [2.75, 3.05) is 5.32 Å². The lowest BCUT2D eigenvalue weighted by Gasteiger charge is -2.03. The van der Waals surface area contributed by atoms with E-state index in [1.54, 1.807) is 0 Å². The normalized spacial score (nSPS) is 10.6. The molecule has 90 valence electrons. The molecule has 17 heavy (non-hydrogen) atoms. The molecule has 2 rings (SSSR count). The molecule has 0 unspecified atom stereocenters. The standard InChI is InChI=1S/C9H5ClF3N3O/c10-3-7-15-16-9(17-7)14-6-2-4(11)1-5(12)8(6)13/h1-2H,3H2,(H,14,16). The molecule has 0 aliphatic heterocycles. The van der Waals surface area contributed by atoms with Gasteiger partial charge in [-0.2, -0.15) is 0 Å². The fourth-order valence-corrected chi connectivity index (χ4v) is 1.23. The molecule has 0 atom stereocenters. The van der Waals surface area contributed by atoms with E-state index < -0.39 is 23.1 Å². The molecule has 4 nitrogen and oxygen atoms in total. The Morgan fingerprint density at radius 2 is 2.00 bits per heavy atom. The van der Waals surface area contributed by atoms with Gasteiger partial charge in [0, 0.05) is 12.1 Å². The van der Waals surface area contributed by atoms with Gasteiger partial charge in [0.15, 0.2) is 11.6 Å². The topological polar surface area (TPSA) is 51.0 Å². The third-order valence-electron chi connectivity index (χ3n) is 1.82. The first-order chi connectivity index (χ1) is 8.10. The van der Waals surface area contributed by atoms with Crippen LogP contribution < -0.4 is 5.32 Å². The highest BCUT2D eigenvalue weighted by molar-refractivity contribution is 6.16. The number of nitrogens with zero attached hydrogens (tertiary/aromatic N) is 2. The SMILES string of the molecule is Fc1cc(F)c(F)c(Nc2nnc(CCl)o2)c1. The van der Waals surface area contributed by atoms with Crippen LogP contribution in [0.3, 0.4) is 0 Å². The van der Waals surface area contributed by atoms with Crippen LogP contribution in [0.2, 0.25) is 0 Å². The maximum absolute atomic E-state index is 13.2. The van der Waals surface area contributed by atoms with Gasteiger partial charge in [0.1, 0.15) is 11.7 Å². The minimum absolute atomic E-state index is 0.0192. The summed E-state index contributed by atoms with van der Waals surface area (Å²) in [6.45, 7) is 0. The second kappa shape index (κ2) is 4.62. The van der Waals surface area contributed by atoms with Gasteiger partial charge in [-0.3, -0.25) is 0 Å². The van der Waals surface area contributed by atoms with Crippen molar-refractivity contribution < 1.29 is 17.6 Å². The van der Waals surface area contributed by atoms with Crippen LogP contribution in [0, 0.1) is 17.5 Å². The summed E-state index contributed by atoms with van der Waals surface area (Å²) in [5.41, 5.74) is -0.438. The lowest BCUT2D eigenvalue weighted by Crippen LogP contribution is -1.98. The molecular weight excluding hydrogens is 259 g/mol. The molecule has 1 heterocycles. The van der Waals surface area contributed by atoms with E-state index in [4.69, 9.17) is 16.0 Å². The van der Waals surface area contributed by atoms with E-state index in [1.807, 2.05) is 0 Å². The highest BCUT2D eigenvalue weighted by Crippen LogP contribution is 2.22. The Hall–Kier alpha value is -1.76. The van der Waals surface area contributed by atoms with Gasteiger partial charge in [-0.25, -0.2) is 13.2 Å². The number of anilines is 2. The highest BCUT2D eigenvalue weighted by Gasteiger charge is 2.13. The zero-order valence-electron chi connectivity index (χ0n) is 8.18. The van der Waals surface area contributed by atoms with Gasteiger partial charge in [0.05, 0.1) is 5.69 Å². The number of hydrogen-bond donors (Lipinski definition) is 1. The molecular formula is C9H5ClF3N3O. The summed E-state index contributed by atoms with van der Waals surface area (Å²) < 4.78 is 43.8. The van der Waals surface area contributed by atoms with Crippen molar-refractivity contribution in [2.24, 2.45) is 0 Å². The molecule has 0 radical (unpaired) electrons. The van der Waals surface area contributed by atoms with Crippen LogP contribution in [-0.2, 0) is 5.88 Å². The number of nitrogens with one attached hydrogen (secondary N) is 1. The summed E-state index contributed by atoms with van der Waals surface area (Å²) in [5, 5.41) is 9.20. The first-order valence-corrected chi connectivity index (χ1v) is 4.93. The van der Waals surface area contributed by atoms with E-state index in [0.29, 0.717) is 6.07 Å². The minimum atomic E-state index is -1.32. The molecule has 1 N–H and O–H groups in total. The second-order valence-electron chi connectivity index (χ2n) is 3.01. The second-order valence-corrected chi connectivity index (χ2v) is 3.28. The molecule has 0 fully saturated rings. The smallest absolute Gasteiger partial charge is 0.320 e. The van der Waals surface area contributed by atoms with Gasteiger partial charge in [-0.05, 0) is 0 Å². The largest absolute Gasteiger partial charge is 0.407 e. The van der Waals surface area contributed by atoms with E-state index in [9.17, 15) is 13.2 Å². The van der Waals surface area contributed by atoms with Crippen molar-refractivity contribution in [1.29, 1.82) is 0 Å². The van der Waals surface area contributed by atoms with Gasteiger partial charge in [0.25, 0.3) is 0 Å². The molecule has 8 heteroatoms. The third kappa shape index (κ3) is 2.50. The lowest BCUT2D eigenvalue weighted by molar-refractivity contribution is 0.495. The lowest BCUT2D eigenvalue weighted by atomic mass is 10.3. The Morgan fingerprint density at radius 1 is 1.24 bits per heavy atom. The van der Waals surface area contributed by atoms with E-state index in [2.05, 4.69) is 15.5 Å². The Labute approximate surface area is 98.4 Å². The number of rotatable bonds is 3. The van der Waals surface area contributed by atoms with Crippen LogP contribution in [0.25, 0.3) is 0 Å². The number of halogens is 4. The van der Waals surface area contributed by atoms with Crippen LogP contribution >= 0.6 is 11.6 Å². The monoisotopic (exact) mass is 263 g/mol. The van der Waals surface area contributed by atoms with Gasteiger partial charge >= 0.3 is 6.01 Å². The molecule has 0 saturated heterocycles. The summed E-state index contributed by atoms with van der Waals surface area (Å²) in [7, 11) is 0. The average molecular weight is 264 g/mol. The predicted octanol–water partition coefficient (Wildman–Crippen LogP) is 2.97. The maximum Gasteiger partial charge on any atom is 0.320 e. The third-order valence-corrected chi connectivity index (χ3v) is 2.04. The Morgan fingerprint density at radius 3 is 2.65 bits per heavy atom. The maximum atomic E-state index is 13.2. The number of alkyl halides is 1. The fourth-order valence-electron chi connectivity index (χ4n) is 1.12. The highest BCUT2D eigenvalue weighted by atomic mass is 35.5. The number of benzene rings is 1. The van der Waals surface area contributed by atoms with Crippen molar-refractivity contribution in [3.05, 3.63) is 35.5 Å². The zero-order chi connectivity index (χ0) is 12.4. The summed E-state index contributed by atoms with van der Waals surface area (Å²) in [4.78, 5) is 0. The van der Waals surface area contributed by atoms with Crippen molar-refractivity contribution in [2.45, 2.75) is 5.88 Å².